The molecule has 0 unspecified atom stereocenters. The fraction of sp³-hybridized carbons (Fsp3) is 0.167. The molecule has 0 radical (unpaired) electrons. The molecule has 5 nitrogen and oxygen atoms in total. The van der Waals surface area contributed by atoms with Gasteiger partial charge in [0.25, 0.3) is 5.91 Å². The highest BCUT2D eigenvalue weighted by Gasteiger charge is 2.60. The number of hydrogen-bond acceptors (Lipinski definition) is 4. The lowest BCUT2D eigenvalue weighted by molar-refractivity contribution is -0.126. The van der Waals surface area contributed by atoms with E-state index >= 15 is 0 Å². The quantitative estimate of drug-likeness (QED) is 0.640. The van der Waals surface area contributed by atoms with E-state index in [1.165, 1.54) is 4.90 Å². The number of hydrogen-bond donors (Lipinski definition) is 0. The van der Waals surface area contributed by atoms with Crippen LogP contribution in [0.5, 0.6) is 0 Å². The molecule has 2 fully saturated rings. The van der Waals surface area contributed by atoms with Gasteiger partial charge in [-0.25, -0.2) is 9.96 Å². The van der Waals surface area contributed by atoms with Crippen molar-refractivity contribution in [3.63, 3.8) is 0 Å². The average Bonchev–Trinajstić information content (AvgIpc) is 3.27. The number of imide groups is 1. The molecular weight excluding hydrogens is 364 g/mol. The Balaban J connectivity index is 1.58. The van der Waals surface area contributed by atoms with Crippen molar-refractivity contribution in [2.45, 2.75) is 19.1 Å². The van der Waals surface area contributed by atoms with Crippen LogP contribution in [0.15, 0.2) is 84.9 Å². The van der Waals surface area contributed by atoms with Gasteiger partial charge in [0.05, 0.1) is 17.4 Å². The van der Waals surface area contributed by atoms with Crippen LogP contribution >= 0.6 is 0 Å². The van der Waals surface area contributed by atoms with E-state index in [0.717, 1.165) is 16.8 Å². The molecule has 0 bridgehead atoms. The fourth-order valence-electron chi connectivity index (χ4n) is 4.15. The van der Waals surface area contributed by atoms with Gasteiger partial charge in [-0.05, 0) is 36.8 Å². The van der Waals surface area contributed by atoms with Crippen molar-refractivity contribution < 1.29 is 14.4 Å². The number of fused-ring (bicyclic) bond motifs is 1. The average molecular weight is 384 g/mol. The lowest BCUT2D eigenvalue weighted by Crippen LogP contribution is -2.37. The largest absolute Gasteiger partial charge is 0.273 e. The Morgan fingerprint density at radius 1 is 0.724 bits per heavy atom. The number of amides is 2. The Bertz CT molecular complexity index is 1050. The molecule has 3 aromatic rings. The van der Waals surface area contributed by atoms with Crippen LogP contribution in [0.25, 0.3) is 0 Å². The summed E-state index contributed by atoms with van der Waals surface area (Å²) in [6.45, 7) is 1.97. The van der Waals surface area contributed by atoms with Crippen molar-refractivity contribution in [1.29, 1.82) is 0 Å². The normalized spacial score (nSPS) is 23.6. The van der Waals surface area contributed by atoms with Gasteiger partial charge in [0.1, 0.15) is 5.92 Å². The Hall–Kier alpha value is -3.44. The standard InChI is InChI=1S/C24H20N2O3/c1-16-12-14-18(15-13-16)25-23(27)20-21(17-8-4-2-5-9-17)26(29-22(20)24(25)28)19-10-6-3-7-11-19/h2-15,20-22H,1H3/t20-,21-,22-/m0/s1. The summed E-state index contributed by atoms with van der Waals surface area (Å²) in [5, 5.41) is 1.72. The van der Waals surface area contributed by atoms with Crippen molar-refractivity contribution >= 4 is 23.2 Å². The second kappa shape index (κ2) is 6.87. The molecule has 144 valence electrons. The van der Waals surface area contributed by atoms with Crippen LogP contribution in [-0.4, -0.2) is 17.9 Å². The van der Waals surface area contributed by atoms with Gasteiger partial charge in [0.2, 0.25) is 5.91 Å². The molecule has 0 saturated carbocycles. The minimum atomic E-state index is -0.839. The zero-order valence-corrected chi connectivity index (χ0v) is 15.9. The Morgan fingerprint density at radius 3 is 2.00 bits per heavy atom. The van der Waals surface area contributed by atoms with Crippen molar-refractivity contribution in [1.82, 2.24) is 0 Å². The molecule has 0 N–H and O–H groups in total. The highest BCUT2D eigenvalue weighted by atomic mass is 16.7. The lowest BCUT2D eigenvalue weighted by Gasteiger charge is -2.28. The molecule has 3 aromatic carbocycles. The van der Waals surface area contributed by atoms with Gasteiger partial charge in [-0.2, -0.15) is 0 Å². The summed E-state index contributed by atoms with van der Waals surface area (Å²) < 4.78 is 0. The second-order valence-corrected chi connectivity index (χ2v) is 7.42. The van der Waals surface area contributed by atoms with Crippen LogP contribution in [0.4, 0.5) is 11.4 Å². The first-order chi connectivity index (χ1) is 14.1. The van der Waals surface area contributed by atoms with E-state index in [9.17, 15) is 9.59 Å². The molecule has 5 rings (SSSR count). The number of carbonyl (C=O) groups excluding carboxylic acids is 2. The smallest absolute Gasteiger partial charge is 0.266 e. The number of carbonyl (C=O) groups is 2. The highest BCUT2D eigenvalue weighted by Crippen LogP contribution is 2.47. The summed E-state index contributed by atoms with van der Waals surface area (Å²) >= 11 is 0. The number of hydroxylamine groups is 1. The maximum atomic E-state index is 13.4. The van der Waals surface area contributed by atoms with Crippen molar-refractivity contribution in [2.24, 2.45) is 5.92 Å². The van der Waals surface area contributed by atoms with E-state index in [4.69, 9.17) is 4.84 Å². The number of nitrogens with zero attached hydrogens (tertiary/aromatic N) is 2. The fourth-order valence-corrected chi connectivity index (χ4v) is 4.15. The molecule has 2 saturated heterocycles. The first kappa shape index (κ1) is 17.6. The lowest BCUT2D eigenvalue weighted by atomic mass is 9.90. The summed E-state index contributed by atoms with van der Waals surface area (Å²) in [6.07, 6.45) is -0.839. The SMILES string of the molecule is Cc1ccc(N2C(=O)[C@@H]3[C@H](ON(c4ccccc4)[C@H]3c3ccccc3)C2=O)cc1. The summed E-state index contributed by atoms with van der Waals surface area (Å²) in [7, 11) is 0. The third-order valence-electron chi connectivity index (χ3n) is 5.56. The number of rotatable bonds is 3. The topological polar surface area (TPSA) is 49.9 Å². The molecule has 0 aliphatic carbocycles. The monoisotopic (exact) mass is 384 g/mol. The Labute approximate surface area is 169 Å². The van der Waals surface area contributed by atoms with Crippen LogP contribution in [0.2, 0.25) is 0 Å². The van der Waals surface area contributed by atoms with Crippen molar-refractivity contribution in [3.8, 4) is 0 Å². The first-order valence-electron chi connectivity index (χ1n) is 9.65. The van der Waals surface area contributed by atoms with Gasteiger partial charge in [0, 0.05) is 0 Å². The Morgan fingerprint density at radius 2 is 1.34 bits per heavy atom. The molecule has 29 heavy (non-hydrogen) atoms. The molecule has 2 amide bonds. The van der Waals surface area contributed by atoms with Crippen LogP contribution in [0, 0.1) is 12.8 Å². The number of benzene rings is 3. The van der Waals surface area contributed by atoms with E-state index in [0.29, 0.717) is 5.69 Å². The van der Waals surface area contributed by atoms with Gasteiger partial charge in [-0.1, -0.05) is 66.2 Å². The molecule has 2 heterocycles. The number of anilines is 2. The first-order valence-corrected chi connectivity index (χ1v) is 9.65. The summed E-state index contributed by atoms with van der Waals surface area (Å²) in [5.41, 5.74) is 3.41. The number of para-hydroxylation sites is 1. The van der Waals surface area contributed by atoms with Gasteiger partial charge in [0.15, 0.2) is 6.10 Å². The molecule has 5 heteroatoms. The predicted octanol–water partition coefficient (Wildman–Crippen LogP) is 4.05. The minimum Gasteiger partial charge on any atom is -0.273 e. The van der Waals surface area contributed by atoms with Crippen LogP contribution < -0.4 is 9.96 Å². The van der Waals surface area contributed by atoms with E-state index in [1.54, 1.807) is 17.2 Å². The summed E-state index contributed by atoms with van der Waals surface area (Å²) in [6, 6.07) is 26.4. The van der Waals surface area contributed by atoms with Crippen LogP contribution in [0.1, 0.15) is 17.2 Å². The maximum absolute atomic E-state index is 13.4. The summed E-state index contributed by atoms with van der Waals surface area (Å²) in [5.74, 6) is -1.15. The van der Waals surface area contributed by atoms with E-state index in [2.05, 4.69) is 0 Å². The highest BCUT2D eigenvalue weighted by molar-refractivity contribution is 6.23. The molecule has 0 spiro atoms. The number of aryl methyl sites for hydroxylation is 1. The van der Waals surface area contributed by atoms with Crippen LogP contribution in [0.3, 0.4) is 0 Å². The molecule has 2 aliphatic rings. The molecule has 2 aliphatic heterocycles. The van der Waals surface area contributed by atoms with Gasteiger partial charge < -0.3 is 0 Å². The maximum Gasteiger partial charge on any atom is 0.266 e. The van der Waals surface area contributed by atoms with Crippen molar-refractivity contribution in [2.75, 3.05) is 9.96 Å². The van der Waals surface area contributed by atoms with Gasteiger partial charge >= 0.3 is 0 Å². The summed E-state index contributed by atoms with van der Waals surface area (Å²) in [4.78, 5) is 34.0. The predicted molar refractivity (Wildman–Crippen MR) is 110 cm³/mol. The minimum absolute atomic E-state index is 0.226. The van der Waals surface area contributed by atoms with Gasteiger partial charge in [-0.15, -0.1) is 0 Å². The molecule has 0 aromatic heterocycles. The third-order valence-corrected chi connectivity index (χ3v) is 5.56. The molecular formula is C24H20N2O3. The van der Waals surface area contributed by atoms with Crippen LogP contribution in [-0.2, 0) is 14.4 Å². The molecule has 3 atom stereocenters. The third kappa shape index (κ3) is 2.82. The van der Waals surface area contributed by atoms with E-state index in [1.807, 2.05) is 79.7 Å². The van der Waals surface area contributed by atoms with Crippen molar-refractivity contribution in [3.05, 3.63) is 96.1 Å². The second-order valence-electron chi connectivity index (χ2n) is 7.42. The Kier molecular flexibility index (Phi) is 4.18. The van der Waals surface area contributed by atoms with E-state index in [-0.39, 0.29) is 17.9 Å². The zero-order valence-electron chi connectivity index (χ0n) is 15.9. The van der Waals surface area contributed by atoms with E-state index < -0.39 is 12.0 Å². The zero-order chi connectivity index (χ0) is 20.0. The van der Waals surface area contributed by atoms with Gasteiger partial charge in [-0.3, -0.25) is 14.4 Å².